The van der Waals surface area contributed by atoms with Gasteiger partial charge >= 0.3 is 6.18 Å². The number of benzene rings is 1. The zero-order valence-corrected chi connectivity index (χ0v) is 20.4. The molecule has 0 radical (unpaired) electrons. The van der Waals surface area contributed by atoms with Gasteiger partial charge in [0.15, 0.2) is 0 Å². The van der Waals surface area contributed by atoms with E-state index in [-0.39, 0.29) is 45.3 Å². The summed E-state index contributed by atoms with van der Waals surface area (Å²) >= 11 is 5.96. The van der Waals surface area contributed by atoms with E-state index in [0.29, 0.717) is 30.6 Å². The average Bonchev–Trinajstić information content (AvgIpc) is 3.11. The molecule has 1 heterocycles. The number of piperidine rings is 1. The maximum absolute atomic E-state index is 13.5. The monoisotopic (exact) mass is 496 g/mol. The number of amides is 2. The lowest BCUT2D eigenvalue weighted by Gasteiger charge is -2.60. The van der Waals surface area contributed by atoms with E-state index in [9.17, 15) is 22.8 Å². The van der Waals surface area contributed by atoms with Crippen LogP contribution in [0.2, 0.25) is 5.02 Å². The standard InChI is InChI=1S/C26H32ClF3N2O2/c1-24-11-9-17-15(4-8-21-25(17,2)12-10-22(33)32-21)16(24)6-7-19(24)23(34)31-20-13-14(27)3-5-18(20)26(28,29)30/h3,5,13,15-17,19,21H,4,6-12H2,1-2H3,(H,31,34)(H,32,33)/t15?,16?,17?,19-,21?,24+,25-/m1/s1. The van der Waals surface area contributed by atoms with Gasteiger partial charge in [-0.05, 0) is 91.7 Å². The molecule has 34 heavy (non-hydrogen) atoms. The van der Waals surface area contributed by atoms with Crippen molar-refractivity contribution in [3.63, 3.8) is 0 Å². The van der Waals surface area contributed by atoms with Gasteiger partial charge in [-0.15, -0.1) is 0 Å². The molecule has 4 unspecified atom stereocenters. The van der Waals surface area contributed by atoms with Gasteiger partial charge in [0.1, 0.15) is 0 Å². The summed E-state index contributed by atoms with van der Waals surface area (Å²) in [4.78, 5) is 25.4. The van der Waals surface area contributed by atoms with Gasteiger partial charge < -0.3 is 10.6 Å². The van der Waals surface area contributed by atoms with Crippen LogP contribution in [-0.2, 0) is 15.8 Å². The summed E-state index contributed by atoms with van der Waals surface area (Å²) in [5.74, 6) is 0.870. The molecule has 5 rings (SSSR count). The Labute approximate surface area is 203 Å². The fraction of sp³-hybridized carbons (Fsp3) is 0.692. The third-order valence-electron chi connectivity index (χ3n) is 9.96. The first-order valence-electron chi connectivity index (χ1n) is 12.4. The molecule has 186 valence electrons. The number of carbonyl (C=O) groups excluding carboxylic acids is 2. The Bertz CT molecular complexity index is 1010. The topological polar surface area (TPSA) is 58.2 Å². The minimum absolute atomic E-state index is 0.0842. The average molecular weight is 497 g/mol. The van der Waals surface area contributed by atoms with Crippen LogP contribution >= 0.6 is 11.6 Å². The van der Waals surface area contributed by atoms with Crippen molar-refractivity contribution < 1.29 is 22.8 Å². The Morgan fingerprint density at radius 1 is 1.06 bits per heavy atom. The summed E-state index contributed by atoms with van der Waals surface area (Å²) in [6.07, 6.45) is 2.40. The summed E-state index contributed by atoms with van der Waals surface area (Å²) in [7, 11) is 0. The molecule has 0 bridgehead atoms. The summed E-state index contributed by atoms with van der Waals surface area (Å²) in [6.45, 7) is 4.50. The van der Waals surface area contributed by atoms with Gasteiger partial charge in [-0.25, -0.2) is 0 Å². The van der Waals surface area contributed by atoms with E-state index in [1.807, 2.05) is 0 Å². The van der Waals surface area contributed by atoms with Gasteiger partial charge in [0, 0.05) is 23.4 Å². The van der Waals surface area contributed by atoms with E-state index < -0.39 is 11.7 Å². The quantitative estimate of drug-likeness (QED) is 0.495. The van der Waals surface area contributed by atoms with Crippen LogP contribution < -0.4 is 10.6 Å². The van der Waals surface area contributed by atoms with Crippen molar-refractivity contribution in [3.8, 4) is 0 Å². The number of anilines is 1. The number of hydrogen-bond acceptors (Lipinski definition) is 2. The molecule has 3 aliphatic carbocycles. The number of fused-ring (bicyclic) bond motifs is 5. The van der Waals surface area contributed by atoms with E-state index in [1.165, 1.54) is 12.1 Å². The predicted octanol–water partition coefficient (Wildman–Crippen LogP) is 6.43. The summed E-state index contributed by atoms with van der Waals surface area (Å²) in [5, 5.41) is 5.98. The maximum Gasteiger partial charge on any atom is 0.418 e. The number of hydrogen-bond donors (Lipinski definition) is 2. The molecule has 0 spiro atoms. The lowest BCUT2D eigenvalue weighted by atomic mass is 9.47. The van der Waals surface area contributed by atoms with Crippen LogP contribution in [0.25, 0.3) is 0 Å². The van der Waals surface area contributed by atoms with Crippen molar-refractivity contribution in [2.45, 2.75) is 77.4 Å². The van der Waals surface area contributed by atoms with E-state index in [2.05, 4.69) is 24.5 Å². The first kappa shape index (κ1) is 24.0. The Kier molecular flexibility index (Phi) is 5.74. The molecule has 1 saturated heterocycles. The van der Waals surface area contributed by atoms with Crippen molar-refractivity contribution in [2.75, 3.05) is 5.32 Å². The largest absolute Gasteiger partial charge is 0.418 e. The normalized spacial score (nSPS) is 39.5. The van der Waals surface area contributed by atoms with Crippen LogP contribution in [0.5, 0.6) is 0 Å². The lowest BCUT2D eigenvalue weighted by Crippen LogP contribution is -2.61. The molecule has 4 fully saturated rings. The Hall–Kier alpha value is -1.76. The first-order valence-corrected chi connectivity index (χ1v) is 12.8. The van der Waals surface area contributed by atoms with Crippen molar-refractivity contribution in [2.24, 2.45) is 34.5 Å². The molecule has 3 saturated carbocycles. The molecular formula is C26H32ClF3N2O2. The second-order valence-electron chi connectivity index (χ2n) is 11.4. The number of alkyl halides is 3. The van der Waals surface area contributed by atoms with Gasteiger partial charge in [-0.3, -0.25) is 9.59 Å². The second kappa shape index (κ2) is 8.14. The third-order valence-corrected chi connectivity index (χ3v) is 10.2. The Morgan fingerprint density at radius 2 is 1.79 bits per heavy atom. The summed E-state index contributed by atoms with van der Waals surface area (Å²) < 4.78 is 40.5. The highest BCUT2D eigenvalue weighted by atomic mass is 35.5. The fourth-order valence-corrected chi connectivity index (χ4v) is 8.39. The Morgan fingerprint density at radius 3 is 2.53 bits per heavy atom. The molecule has 4 aliphatic rings. The van der Waals surface area contributed by atoms with E-state index in [0.717, 1.165) is 44.6 Å². The highest BCUT2D eigenvalue weighted by molar-refractivity contribution is 6.31. The highest BCUT2D eigenvalue weighted by Gasteiger charge is 2.61. The van der Waals surface area contributed by atoms with Crippen LogP contribution in [-0.4, -0.2) is 17.9 Å². The van der Waals surface area contributed by atoms with Crippen LogP contribution in [0.3, 0.4) is 0 Å². The minimum atomic E-state index is -4.57. The zero-order chi connectivity index (χ0) is 24.5. The van der Waals surface area contributed by atoms with Gasteiger partial charge in [0.2, 0.25) is 11.8 Å². The van der Waals surface area contributed by atoms with Crippen LogP contribution in [0.1, 0.15) is 70.8 Å². The second-order valence-corrected chi connectivity index (χ2v) is 11.9. The van der Waals surface area contributed by atoms with E-state index in [4.69, 9.17) is 11.6 Å². The third kappa shape index (κ3) is 3.73. The van der Waals surface area contributed by atoms with Gasteiger partial charge in [0.05, 0.1) is 11.3 Å². The molecule has 2 amide bonds. The van der Waals surface area contributed by atoms with Crippen LogP contribution in [0, 0.1) is 34.5 Å². The van der Waals surface area contributed by atoms with Gasteiger partial charge in [0.25, 0.3) is 0 Å². The van der Waals surface area contributed by atoms with Crippen molar-refractivity contribution in [1.82, 2.24) is 5.32 Å². The van der Waals surface area contributed by atoms with E-state index >= 15 is 0 Å². The molecule has 8 heteroatoms. The molecule has 0 aromatic heterocycles. The highest BCUT2D eigenvalue weighted by Crippen LogP contribution is 2.65. The van der Waals surface area contributed by atoms with Gasteiger partial charge in [-0.2, -0.15) is 13.2 Å². The molecule has 1 aromatic rings. The Balaban J connectivity index is 1.37. The molecule has 2 N–H and O–H groups in total. The van der Waals surface area contributed by atoms with Crippen molar-refractivity contribution >= 4 is 29.1 Å². The van der Waals surface area contributed by atoms with Crippen molar-refractivity contribution in [1.29, 1.82) is 0 Å². The zero-order valence-electron chi connectivity index (χ0n) is 19.6. The van der Waals surface area contributed by atoms with Crippen LogP contribution in [0.4, 0.5) is 18.9 Å². The van der Waals surface area contributed by atoms with E-state index in [1.54, 1.807) is 0 Å². The molecule has 1 aliphatic heterocycles. The SMILES string of the molecule is C[C@]12CCC(=O)NC1CCC1C2CC[C@@]2(C)C1CC[C@@H]2C(=O)Nc1cc(Cl)ccc1C(F)(F)F. The number of halogens is 4. The summed E-state index contributed by atoms with van der Waals surface area (Å²) in [5.41, 5.74) is -1.29. The molecular weight excluding hydrogens is 465 g/mol. The van der Waals surface area contributed by atoms with Crippen LogP contribution in [0.15, 0.2) is 18.2 Å². The summed E-state index contributed by atoms with van der Waals surface area (Å²) in [6, 6.07) is 3.53. The minimum Gasteiger partial charge on any atom is -0.353 e. The molecule has 7 atom stereocenters. The number of carbonyl (C=O) groups is 2. The predicted molar refractivity (Wildman–Crippen MR) is 124 cm³/mol. The number of nitrogens with one attached hydrogen (secondary N) is 2. The molecule has 1 aromatic carbocycles. The lowest BCUT2D eigenvalue weighted by molar-refractivity contribution is -0.140. The number of rotatable bonds is 2. The smallest absolute Gasteiger partial charge is 0.353 e. The fourth-order valence-electron chi connectivity index (χ4n) is 8.22. The van der Waals surface area contributed by atoms with Gasteiger partial charge in [-0.1, -0.05) is 25.4 Å². The van der Waals surface area contributed by atoms with Crippen molar-refractivity contribution in [3.05, 3.63) is 28.8 Å². The first-order chi connectivity index (χ1) is 15.9. The molecule has 4 nitrogen and oxygen atoms in total. The maximum atomic E-state index is 13.5.